The van der Waals surface area contributed by atoms with Gasteiger partial charge in [-0.25, -0.2) is 4.99 Å². The summed E-state index contributed by atoms with van der Waals surface area (Å²) in [5.41, 5.74) is 2.31. The SMILES string of the molecule is CCNC(=NCC(=O)Nc1cccnc1)NCCc1cccc(C(=O)NC)c1. The molecule has 0 aliphatic carbocycles. The molecule has 8 heteroatoms. The zero-order valence-corrected chi connectivity index (χ0v) is 16.2. The second-order valence-electron chi connectivity index (χ2n) is 5.94. The number of aliphatic imine (C=N–C) groups is 1. The van der Waals surface area contributed by atoms with E-state index in [1.165, 1.54) is 0 Å². The number of nitrogens with zero attached hydrogens (tertiary/aromatic N) is 2. The molecule has 2 amide bonds. The topological polar surface area (TPSA) is 108 Å². The highest BCUT2D eigenvalue weighted by Crippen LogP contribution is 2.06. The van der Waals surface area contributed by atoms with E-state index in [0.717, 1.165) is 12.0 Å². The van der Waals surface area contributed by atoms with Crippen molar-refractivity contribution in [2.24, 2.45) is 4.99 Å². The average molecular weight is 382 g/mol. The summed E-state index contributed by atoms with van der Waals surface area (Å²) in [4.78, 5) is 32.0. The third-order valence-electron chi connectivity index (χ3n) is 3.79. The van der Waals surface area contributed by atoms with Crippen LogP contribution in [0.3, 0.4) is 0 Å². The van der Waals surface area contributed by atoms with Gasteiger partial charge in [0.15, 0.2) is 5.96 Å². The van der Waals surface area contributed by atoms with Gasteiger partial charge in [0.25, 0.3) is 5.91 Å². The Hall–Kier alpha value is -3.42. The van der Waals surface area contributed by atoms with Crippen molar-refractivity contribution in [3.8, 4) is 0 Å². The van der Waals surface area contributed by atoms with Crippen molar-refractivity contribution in [2.45, 2.75) is 13.3 Å². The highest BCUT2D eigenvalue weighted by molar-refractivity contribution is 5.94. The van der Waals surface area contributed by atoms with Crippen LogP contribution < -0.4 is 21.3 Å². The van der Waals surface area contributed by atoms with Crippen molar-refractivity contribution in [3.05, 3.63) is 59.9 Å². The average Bonchev–Trinajstić information content (AvgIpc) is 2.72. The standard InChI is InChI=1S/C20H26N6O2/c1-3-23-20(25-14-18(27)26-17-8-5-10-22-13-17)24-11-9-15-6-4-7-16(12-15)19(28)21-2/h4-8,10,12-13H,3,9,11,14H2,1-2H3,(H,21,28)(H,26,27)(H2,23,24,25). The maximum absolute atomic E-state index is 12.0. The van der Waals surface area contributed by atoms with Gasteiger partial charge < -0.3 is 21.3 Å². The van der Waals surface area contributed by atoms with Gasteiger partial charge in [0.05, 0.1) is 11.9 Å². The monoisotopic (exact) mass is 382 g/mol. The Balaban J connectivity index is 1.85. The van der Waals surface area contributed by atoms with Gasteiger partial charge in [0, 0.05) is 31.9 Å². The Morgan fingerprint density at radius 1 is 1.14 bits per heavy atom. The number of carbonyl (C=O) groups is 2. The van der Waals surface area contributed by atoms with Crippen molar-refractivity contribution in [3.63, 3.8) is 0 Å². The Morgan fingerprint density at radius 3 is 2.71 bits per heavy atom. The minimum Gasteiger partial charge on any atom is -0.357 e. The highest BCUT2D eigenvalue weighted by atomic mass is 16.2. The number of hydrogen-bond acceptors (Lipinski definition) is 4. The fourth-order valence-electron chi connectivity index (χ4n) is 2.47. The molecule has 8 nitrogen and oxygen atoms in total. The second-order valence-corrected chi connectivity index (χ2v) is 5.94. The van der Waals surface area contributed by atoms with E-state index in [0.29, 0.717) is 30.3 Å². The molecule has 2 rings (SSSR count). The van der Waals surface area contributed by atoms with Crippen molar-refractivity contribution in [1.29, 1.82) is 0 Å². The molecule has 0 radical (unpaired) electrons. The Bertz CT molecular complexity index is 807. The first-order chi connectivity index (χ1) is 13.6. The summed E-state index contributed by atoms with van der Waals surface area (Å²) in [6, 6.07) is 11.0. The van der Waals surface area contributed by atoms with E-state index in [1.54, 1.807) is 37.6 Å². The van der Waals surface area contributed by atoms with E-state index in [9.17, 15) is 9.59 Å². The number of rotatable bonds is 8. The number of guanidine groups is 1. The van der Waals surface area contributed by atoms with E-state index in [2.05, 4.69) is 31.2 Å². The van der Waals surface area contributed by atoms with Crippen LogP contribution in [-0.4, -0.2) is 49.4 Å². The Labute approximate surface area is 164 Å². The molecule has 148 valence electrons. The van der Waals surface area contributed by atoms with Crippen LogP contribution in [0.4, 0.5) is 5.69 Å². The minimum atomic E-state index is -0.219. The van der Waals surface area contributed by atoms with Gasteiger partial charge in [-0.3, -0.25) is 14.6 Å². The molecule has 1 aromatic heterocycles. The van der Waals surface area contributed by atoms with Crippen LogP contribution in [-0.2, 0) is 11.2 Å². The lowest BCUT2D eigenvalue weighted by Gasteiger charge is -2.12. The summed E-state index contributed by atoms with van der Waals surface area (Å²) in [7, 11) is 1.61. The van der Waals surface area contributed by atoms with Gasteiger partial charge in [-0.15, -0.1) is 0 Å². The molecule has 2 aromatic rings. The maximum Gasteiger partial charge on any atom is 0.251 e. The van der Waals surface area contributed by atoms with Crippen LogP contribution in [0.5, 0.6) is 0 Å². The summed E-state index contributed by atoms with van der Waals surface area (Å²) < 4.78 is 0. The number of hydrogen-bond donors (Lipinski definition) is 4. The molecular formula is C20H26N6O2. The number of carbonyl (C=O) groups excluding carboxylic acids is 2. The lowest BCUT2D eigenvalue weighted by molar-refractivity contribution is -0.114. The van der Waals surface area contributed by atoms with Gasteiger partial charge in [0.1, 0.15) is 6.54 Å². The van der Waals surface area contributed by atoms with Gasteiger partial charge >= 0.3 is 0 Å². The van der Waals surface area contributed by atoms with Crippen LogP contribution in [0.25, 0.3) is 0 Å². The van der Waals surface area contributed by atoms with Crippen LogP contribution in [0, 0.1) is 0 Å². The lowest BCUT2D eigenvalue weighted by atomic mass is 10.1. The van der Waals surface area contributed by atoms with E-state index >= 15 is 0 Å². The first-order valence-electron chi connectivity index (χ1n) is 9.15. The van der Waals surface area contributed by atoms with Gasteiger partial charge in [0.2, 0.25) is 5.91 Å². The number of nitrogens with one attached hydrogen (secondary N) is 4. The summed E-state index contributed by atoms with van der Waals surface area (Å²) in [5, 5.41) is 11.7. The van der Waals surface area contributed by atoms with E-state index in [-0.39, 0.29) is 18.4 Å². The summed E-state index contributed by atoms with van der Waals surface area (Å²) in [5.74, 6) is 0.235. The summed E-state index contributed by atoms with van der Waals surface area (Å²) >= 11 is 0. The smallest absolute Gasteiger partial charge is 0.251 e. The zero-order valence-electron chi connectivity index (χ0n) is 16.2. The maximum atomic E-state index is 12.0. The van der Waals surface area contributed by atoms with Crippen molar-refractivity contribution < 1.29 is 9.59 Å². The molecule has 28 heavy (non-hydrogen) atoms. The molecule has 1 aromatic carbocycles. The molecule has 0 fully saturated rings. The van der Waals surface area contributed by atoms with E-state index in [1.807, 2.05) is 25.1 Å². The molecule has 4 N–H and O–H groups in total. The predicted octanol–water partition coefficient (Wildman–Crippen LogP) is 1.18. The normalized spacial score (nSPS) is 10.9. The fourth-order valence-corrected chi connectivity index (χ4v) is 2.47. The third-order valence-corrected chi connectivity index (χ3v) is 3.79. The molecule has 0 saturated carbocycles. The lowest BCUT2D eigenvalue weighted by Crippen LogP contribution is -2.39. The number of amides is 2. The first-order valence-corrected chi connectivity index (χ1v) is 9.15. The number of benzene rings is 1. The molecule has 0 bridgehead atoms. The van der Waals surface area contributed by atoms with Crippen LogP contribution in [0.2, 0.25) is 0 Å². The first kappa shape index (κ1) is 20.9. The molecule has 0 aliphatic rings. The van der Waals surface area contributed by atoms with Crippen molar-refractivity contribution >= 4 is 23.5 Å². The zero-order chi connectivity index (χ0) is 20.2. The van der Waals surface area contributed by atoms with Crippen LogP contribution >= 0.6 is 0 Å². The van der Waals surface area contributed by atoms with E-state index < -0.39 is 0 Å². The Kier molecular flexibility index (Phi) is 8.45. The van der Waals surface area contributed by atoms with Gasteiger partial charge in [-0.2, -0.15) is 0 Å². The largest absolute Gasteiger partial charge is 0.357 e. The molecule has 1 heterocycles. The molecular weight excluding hydrogens is 356 g/mol. The molecule has 0 unspecified atom stereocenters. The predicted molar refractivity (Wildman–Crippen MR) is 110 cm³/mol. The molecule has 0 saturated heterocycles. The van der Waals surface area contributed by atoms with Gasteiger partial charge in [-0.1, -0.05) is 12.1 Å². The molecule has 0 aliphatic heterocycles. The number of pyridine rings is 1. The van der Waals surface area contributed by atoms with Crippen molar-refractivity contribution in [2.75, 3.05) is 32.0 Å². The summed E-state index contributed by atoms with van der Waals surface area (Å²) in [6.45, 7) is 3.26. The number of aromatic nitrogens is 1. The van der Waals surface area contributed by atoms with Crippen LogP contribution in [0.15, 0.2) is 53.8 Å². The quantitative estimate of drug-likeness (QED) is 0.405. The van der Waals surface area contributed by atoms with Gasteiger partial charge in [-0.05, 0) is 43.2 Å². The Morgan fingerprint density at radius 2 is 2.00 bits per heavy atom. The summed E-state index contributed by atoms with van der Waals surface area (Å²) in [6.07, 6.45) is 3.94. The third kappa shape index (κ3) is 7.06. The molecule has 0 spiro atoms. The molecule has 0 atom stereocenters. The second kappa shape index (κ2) is 11.3. The fraction of sp³-hybridized carbons (Fsp3) is 0.300. The van der Waals surface area contributed by atoms with Crippen molar-refractivity contribution in [1.82, 2.24) is 20.9 Å². The number of anilines is 1. The van der Waals surface area contributed by atoms with E-state index in [4.69, 9.17) is 0 Å². The minimum absolute atomic E-state index is 0.00359. The highest BCUT2D eigenvalue weighted by Gasteiger charge is 2.05. The van der Waals surface area contributed by atoms with Crippen LogP contribution in [0.1, 0.15) is 22.8 Å².